The monoisotopic (exact) mass is 308 g/mol. The first-order valence-corrected chi connectivity index (χ1v) is 9.06. The van der Waals surface area contributed by atoms with Gasteiger partial charge in [-0.2, -0.15) is 16.7 Å². The third-order valence-electron chi connectivity index (χ3n) is 3.38. The molecule has 2 aromatic heterocycles. The molecule has 1 atom stereocenters. The van der Waals surface area contributed by atoms with Crippen molar-refractivity contribution in [2.45, 2.75) is 25.5 Å². The summed E-state index contributed by atoms with van der Waals surface area (Å²) in [5.74, 6) is 3.04. The molecule has 20 heavy (non-hydrogen) atoms. The van der Waals surface area contributed by atoms with Gasteiger partial charge < -0.3 is 10.2 Å². The Labute approximate surface area is 128 Å². The van der Waals surface area contributed by atoms with E-state index < -0.39 is 0 Å². The standard InChI is InChI=1S/C14H20N4S2/c1-3-5-15-14-16-12(11-4-7-20-13(11)17-14)18-6-8-19-10(2)9-18/h4,7,10H,3,5-6,8-9H2,1-2H3,(H,15,16,17). The van der Waals surface area contributed by atoms with Crippen LogP contribution < -0.4 is 10.2 Å². The van der Waals surface area contributed by atoms with Crippen LogP contribution in [0.2, 0.25) is 0 Å². The molecule has 6 heteroatoms. The van der Waals surface area contributed by atoms with E-state index in [1.165, 1.54) is 11.1 Å². The number of hydrogen-bond donors (Lipinski definition) is 1. The zero-order valence-corrected chi connectivity index (χ0v) is 13.6. The molecule has 1 fully saturated rings. The quantitative estimate of drug-likeness (QED) is 0.937. The van der Waals surface area contributed by atoms with Crippen molar-refractivity contribution in [3.8, 4) is 0 Å². The number of rotatable bonds is 4. The molecule has 0 radical (unpaired) electrons. The molecule has 0 amide bonds. The highest BCUT2D eigenvalue weighted by Gasteiger charge is 2.21. The summed E-state index contributed by atoms with van der Waals surface area (Å²) in [5.41, 5.74) is 0. The SMILES string of the molecule is CCCNc1nc(N2CCSC(C)C2)c2ccsc2n1. The van der Waals surface area contributed by atoms with Crippen molar-refractivity contribution in [2.75, 3.05) is 35.6 Å². The largest absolute Gasteiger partial charge is 0.354 e. The molecular formula is C14H20N4S2. The topological polar surface area (TPSA) is 41.1 Å². The summed E-state index contributed by atoms with van der Waals surface area (Å²) in [6, 6.07) is 2.14. The lowest BCUT2D eigenvalue weighted by molar-refractivity contribution is 0.772. The molecule has 1 saturated heterocycles. The number of aromatic nitrogens is 2. The molecule has 2 aromatic rings. The molecule has 0 aliphatic carbocycles. The molecule has 0 aromatic carbocycles. The van der Waals surface area contributed by atoms with Gasteiger partial charge in [0.2, 0.25) is 5.95 Å². The summed E-state index contributed by atoms with van der Waals surface area (Å²) in [6.45, 7) is 7.51. The zero-order chi connectivity index (χ0) is 13.9. The van der Waals surface area contributed by atoms with Gasteiger partial charge in [0.15, 0.2) is 0 Å². The highest BCUT2D eigenvalue weighted by atomic mass is 32.2. The van der Waals surface area contributed by atoms with Gasteiger partial charge in [0.25, 0.3) is 0 Å². The summed E-state index contributed by atoms with van der Waals surface area (Å²) >= 11 is 3.73. The Bertz CT molecular complexity index is 584. The smallest absolute Gasteiger partial charge is 0.226 e. The van der Waals surface area contributed by atoms with Gasteiger partial charge in [-0.15, -0.1) is 11.3 Å². The summed E-state index contributed by atoms with van der Waals surface area (Å²) in [7, 11) is 0. The van der Waals surface area contributed by atoms with Gasteiger partial charge in [-0.05, 0) is 17.9 Å². The average Bonchev–Trinajstić information content (AvgIpc) is 2.92. The Morgan fingerprint density at radius 2 is 2.35 bits per heavy atom. The number of thiophene rings is 1. The summed E-state index contributed by atoms with van der Waals surface area (Å²) in [4.78, 5) is 12.9. The van der Waals surface area contributed by atoms with E-state index in [1.807, 2.05) is 11.8 Å². The maximum atomic E-state index is 4.77. The predicted molar refractivity (Wildman–Crippen MR) is 90.3 cm³/mol. The fourth-order valence-electron chi connectivity index (χ4n) is 2.41. The summed E-state index contributed by atoms with van der Waals surface area (Å²) < 4.78 is 0. The minimum atomic E-state index is 0.666. The minimum Gasteiger partial charge on any atom is -0.354 e. The molecule has 4 nitrogen and oxygen atoms in total. The average molecular weight is 308 g/mol. The number of nitrogens with one attached hydrogen (secondary N) is 1. The molecule has 1 aliphatic heterocycles. The highest BCUT2D eigenvalue weighted by molar-refractivity contribution is 8.00. The van der Waals surface area contributed by atoms with E-state index in [0.717, 1.165) is 42.7 Å². The number of fused-ring (bicyclic) bond motifs is 1. The first-order valence-electron chi connectivity index (χ1n) is 7.13. The van der Waals surface area contributed by atoms with Crippen LogP contribution in [-0.4, -0.2) is 40.6 Å². The van der Waals surface area contributed by atoms with E-state index in [0.29, 0.717) is 5.25 Å². The van der Waals surface area contributed by atoms with Crippen molar-refractivity contribution in [1.29, 1.82) is 0 Å². The summed E-state index contributed by atoms with van der Waals surface area (Å²) in [5, 5.41) is 7.28. The molecule has 1 unspecified atom stereocenters. The fraction of sp³-hybridized carbons (Fsp3) is 0.571. The van der Waals surface area contributed by atoms with Crippen molar-refractivity contribution in [2.24, 2.45) is 0 Å². The maximum Gasteiger partial charge on any atom is 0.226 e. The number of anilines is 2. The van der Waals surface area contributed by atoms with Gasteiger partial charge in [-0.25, -0.2) is 4.98 Å². The highest BCUT2D eigenvalue weighted by Crippen LogP contribution is 2.31. The van der Waals surface area contributed by atoms with Gasteiger partial charge in [0.1, 0.15) is 10.6 Å². The first-order chi connectivity index (χ1) is 9.78. The van der Waals surface area contributed by atoms with Crippen molar-refractivity contribution < 1.29 is 0 Å². The van der Waals surface area contributed by atoms with E-state index in [1.54, 1.807) is 11.3 Å². The van der Waals surface area contributed by atoms with E-state index in [-0.39, 0.29) is 0 Å². The lowest BCUT2D eigenvalue weighted by Crippen LogP contribution is -2.37. The summed E-state index contributed by atoms with van der Waals surface area (Å²) in [6.07, 6.45) is 1.08. The first kappa shape index (κ1) is 13.9. The van der Waals surface area contributed by atoms with Gasteiger partial charge in [0.05, 0.1) is 5.39 Å². The molecule has 0 saturated carbocycles. The lowest BCUT2D eigenvalue weighted by Gasteiger charge is -2.32. The Kier molecular flexibility index (Phi) is 4.31. The van der Waals surface area contributed by atoms with Crippen LogP contribution in [0.15, 0.2) is 11.4 Å². The maximum absolute atomic E-state index is 4.77. The van der Waals surface area contributed by atoms with E-state index in [4.69, 9.17) is 4.98 Å². The molecule has 3 rings (SSSR count). The van der Waals surface area contributed by atoms with E-state index in [2.05, 4.69) is 40.5 Å². The Morgan fingerprint density at radius 3 is 3.15 bits per heavy atom. The fourth-order valence-corrected chi connectivity index (χ4v) is 4.18. The van der Waals surface area contributed by atoms with E-state index >= 15 is 0 Å². The van der Waals surface area contributed by atoms with Crippen molar-refractivity contribution >= 4 is 45.1 Å². The van der Waals surface area contributed by atoms with Gasteiger partial charge in [-0.3, -0.25) is 0 Å². The molecule has 0 bridgehead atoms. The molecule has 1 aliphatic rings. The second-order valence-corrected chi connectivity index (χ2v) is 7.51. The van der Waals surface area contributed by atoms with Crippen LogP contribution in [0.25, 0.3) is 10.2 Å². The molecule has 108 valence electrons. The van der Waals surface area contributed by atoms with Crippen LogP contribution in [0.1, 0.15) is 20.3 Å². The van der Waals surface area contributed by atoms with Crippen LogP contribution in [0, 0.1) is 0 Å². The van der Waals surface area contributed by atoms with Crippen LogP contribution in [0.4, 0.5) is 11.8 Å². The molecule has 1 N–H and O–H groups in total. The zero-order valence-electron chi connectivity index (χ0n) is 11.9. The van der Waals surface area contributed by atoms with Gasteiger partial charge in [-0.1, -0.05) is 13.8 Å². The third kappa shape index (κ3) is 2.86. The third-order valence-corrected chi connectivity index (χ3v) is 5.32. The molecule has 0 spiro atoms. The lowest BCUT2D eigenvalue weighted by atomic mass is 10.3. The van der Waals surface area contributed by atoms with Crippen LogP contribution >= 0.6 is 23.1 Å². The van der Waals surface area contributed by atoms with Gasteiger partial charge in [0, 0.05) is 30.6 Å². The van der Waals surface area contributed by atoms with Crippen LogP contribution in [-0.2, 0) is 0 Å². The Hall–Kier alpha value is -1.01. The van der Waals surface area contributed by atoms with E-state index in [9.17, 15) is 0 Å². The van der Waals surface area contributed by atoms with Crippen molar-refractivity contribution in [3.05, 3.63) is 11.4 Å². The molecular weight excluding hydrogens is 288 g/mol. The number of nitrogens with zero attached hydrogens (tertiary/aromatic N) is 3. The van der Waals surface area contributed by atoms with Crippen LogP contribution in [0.5, 0.6) is 0 Å². The van der Waals surface area contributed by atoms with Crippen molar-refractivity contribution in [1.82, 2.24) is 9.97 Å². The normalized spacial score (nSPS) is 19.5. The Morgan fingerprint density at radius 1 is 1.45 bits per heavy atom. The molecule has 3 heterocycles. The number of hydrogen-bond acceptors (Lipinski definition) is 6. The second-order valence-electron chi connectivity index (χ2n) is 5.06. The number of thioether (sulfide) groups is 1. The minimum absolute atomic E-state index is 0.666. The van der Waals surface area contributed by atoms with Crippen LogP contribution in [0.3, 0.4) is 0 Å². The van der Waals surface area contributed by atoms with Crippen molar-refractivity contribution in [3.63, 3.8) is 0 Å². The Balaban J connectivity index is 1.96. The second kappa shape index (κ2) is 6.18. The predicted octanol–water partition coefficient (Wildman–Crippen LogP) is 3.45. The van der Waals surface area contributed by atoms with Gasteiger partial charge >= 0.3 is 0 Å².